The van der Waals surface area contributed by atoms with Crippen molar-refractivity contribution >= 4 is 5.91 Å². The van der Waals surface area contributed by atoms with E-state index in [4.69, 9.17) is 14.2 Å². The Bertz CT molecular complexity index is 563. The van der Waals surface area contributed by atoms with Crippen LogP contribution in [0.2, 0.25) is 0 Å². The Morgan fingerprint density at radius 1 is 1.57 bits per heavy atom. The van der Waals surface area contributed by atoms with Gasteiger partial charge in [0, 0.05) is 25.3 Å². The van der Waals surface area contributed by atoms with Crippen LogP contribution in [-0.4, -0.2) is 60.9 Å². The highest BCUT2D eigenvalue weighted by Crippen LogP contribution is 2.40. The molecule has 126 valence electrons. The molecule has 2 aliphatic rings. The Labute approximate surface area is 134 Å². The first-order valence-electron chi connectivity index (χ1n) is 7.87. The first-order chi connectivity index (χ1) is 11.1. The normalized spacial score (nSPS) is 22.2. The highest BCUT2D eigenvalue weighted by molar-refractivity contribution is 5.78. The summed E-state index contributed by atoms with van der Waals surface area (Å²) in [5, 5.41) is 0. The molecule has 1 spiro atoms. The summed E-state index contributed by atoms with van der Waals surface area (Å²) in [6, 6.07) is 2.84. The molecule has 0 radical (unpaired) electrons. The molecule has 0 bridgehead atoms. The van der Waals surface area contributed by atoms with Crippen LogP contribution in [0, 0.1) is 11.7 Å². The Morgan fingerprint density at radius 2 is 2.39 bits per heavy atom. The summed E-state index contributed by atoms with van der Waals surface area (Å²) in [7, 11) is 0. The van der Waals surface area contributed by atoms with Crippen LogP contribution in [0.15, 0.2) is 18.3 Å². The maximum absolute atomic E-state index is 13.6. The first kappa shape index (κ1) is 16.1. The molecule has 1 aromatic rings. The smallest absolute Gasteiger partial charge is 0.250 e. The van der Waals surface area contributed by atoms with Gasteiger partial charge >= 0.3 is 0 Å². The van der Waals surface area contributed by atoms with Gasteiger partial charge in [0.05, 0.1) is 19.7 Å². The fourth-order valence-corrected chi connectivity index (χ4v) is 3.08. The average Bonchev–Trinajstić information content (AvgIpc) is 2.94. The zero-order chi connectivity index (χ0) is 16.3. The van der Waals surface area contributed by atoms with Crippen molar-refractivity contribution in [2.75, 3.05) is 39.5 Å². The zero-order valence-corrected chi connectivity index (χ0v) is 13.2. The fraction of sp³-hybridized carbons (Fsp3) is 0.625. The highest BCUT2D eigenvalue weighted by Gasteiger charge is 2.54. The molecule has 2 aliphatic heterocycles. The molecular weight excluding hydrogens is 303 g/mol. The second-order valence-electron chi connectivity index (χ2n) is 5.89. The van der Waals surface area contributed by atoms with E-state index in [0.717, 1.165) is 6.42 Å². The predicted molar refractivity (Wildman–Crippen MR) is 79.6 cm³/mol. The van der Waals surface area contributed by atoms with Gasteiger partial charge in [-0.05, 0) is 25.5 Å². The van der Waals surface area contributed by atoms with Gasteiger partial charge in [-0.3, -0.25) is 4.79 Å². The van der Waals surface area contributed by atoms with Gasteiger partial charge in [0.1, 0.15) is 12.2 Å². The van der Waals surface area contributed by atoms with Gasteiger partial charge in [0.2, 0.25) is 11.8 Å². The number of hydrogen-bond acceptors (Lipinski definition) is 5. The maximum Gasteiger partial charge on any atom is 0.250 e. The van der Waals surface area contributed by atoms with E-state index in [1.807, 2.05) is 6.92 Å². The second kappa shape index (κ2) is 6.80. The third-order valence-electron chi connectivity index (χ3n) is 4.45. The van der Waals surface area contributed by atoms with Crippen LogP contribution in [0.4, 0.5) is 4.39 Å². The van der Waals surface area contributed by atoms with Crippen molar-refractivity contribution in [1.29, 1.82) is 0 Å². The predicted octanol–water partition coefficient (Wildman–Crippen LogP) is 1.25. The Morgan fingerprint density at radius 3 is 3.13 bits per heavy atom. The number of halogens is 1. The quantitative estimate of drug-likeness (QED) is 0.788. The van der Waals surface area contributed by atoms with Crippen LogP contribution >= 0.6 is 0 Å². The van der Waals surface area contributed by atoms with Crippen molar-refractivity contribution < 1.29 is 23.4 Å². The molecule has 0 saturated carbocycles. The summed E-state index contributed by atoms with van der Waals surface area (Å²) in [5.74, 6) is -0.357. The SMILES string of the molecule is CCOCC(=O)N1CC2(C1)OCC[C@H]2COc1ncccc1F. The van der Waals surface area contributed by atoms with Crippen LogP contribution < -0.4 is 4.74 Å². The fourth-order valence-electron chi connectivity index (χ4n) is 3.08. The molecule has 7 heteroatoms. The summed E-state index contributed by atoms with van der Waals surface area (Å²) in [6.45, 7) is 4.53. The number of likely N-dealkylation sites (tertiary alicyclic amines) is 1. The number of nitrogens with zero attached hydrogens (tertiary/aromatic N) is 2. The van der Waals surface area contributed by atoms with Gasteiger partial charge in [0.25, 0.3) is 0 Å². The maximum atomic E-state index is 13.6. The number of ether oxygens (including phenoxy) is 3. The average molecular weight is 324 g/mol. The molecular formula is C16H21FN2O4. The molecule has 0 unspecified atom stereocenters. The van der Waals surface area contributed by atoms with Crippen molar-refractivity contribution in [3.63, 3.8) is 0 Å². The molecule has 1 amide bonds. The number of aromatic nitrogens is 1. The van der Waals surface area contributed by atoms with Crippen LogP contribution in [-0.2, 0) is 14.3 Å². The van der Waals surface area contributed by atoms with Gasteiger partial charge in [0.15, 0.2) is 5.82 Å². The van der Waals surface area contributed by atoms with Crippen LogP contribution in [0.3, 0.4) is 0 Å². The van der Waals surface area contributed by atoms with E-state index >= 15 is 0 Å². The van der Waals surface area contributed by atoms with Crippen LogP contribution in [0.25, 0.3) is 0 Å². The molecule has 6 nitrogen and oxygen atoms in total. The summed E-state index contributed by atoms with van der Waals surface area (Å²) in [5.41, 5.74) is -0.368. The molecule has 0 N–H and O–H groups in total. The number of hydrogen-bond donors (Lipinski definition) is 0. The minimum absolute atomic E-state index is 0.0122. The molecule has 0 aromatic carbocycles. The lowest BCUT2D eigenvalue weighted by molar-refractivity contribution is -0.170. The van der Waals surface area contributed by atoms with E-state index in [1.165, 1.54) is 18.3 Å². The number of pyridine rings is 1. The lowest BCUT2D eigenvalue weighted by Crippen LogP contribution is -2.67. The third kappa shape index (κ3) is 3.30. The molecule has 1 atom stereocenters. The lowest BCUT2D eigenvalue weighted by Gasteiger charge is -2.50. The van der Waals surface area contributed by atoms with Gasteiger partial charge in [-0.25, -0.2) is 9.37 Å². The number of carbonyl (C=O) groups is 1. The Kier molecular flexibility index (Phi) is 4.77. The van der Waals surface area contributed by atoms with Crippen LogP contribution in [0.5, 0.6) is 5.88 Å². The van der Waals surface area contributed by atoms with Crippen molar-refractivity contribution in [2.24, 2.45) is 5.92 Å². The van der Waals surface area contributed by atoms with Gasteiger partial charge in [-0.1, -0.05) is 0 Å². The highest BCUT2D eigenvalue weighted by atomic mass is 19.1. The Hall–Kier alpha value is -1.73. The molecule has 23 heavy (non-hydrogen) atoms. The molecule has 3 rings (SSSR count). The van der Waals surface area contributed by atoms with Crippen molar-refractivity contribution in [3.8, 4) is 5.88 Å². The van der Waals surface area contributed by atoms with E-state index in [1.54, 1.807) is 4.90 Å². The van der Waals surface area contributed by atoms with E-state index in [9.17, 15) is 9.18 Å². The van der Waals surface area contributed by atoms with Gasteiger partial charge < -0.3 is 19.1 Å². The molecule has 1 aromatic heterocycles. The standard InChI is InChI=1S/C16H21FN2O4/c1-2-21-9-14(20)19-10-16(11-19)12(5-7-23-16)8-22-15-13(17)4-3-6-18-15/h3-4,6,12H,2,5,7-11H2,1H3/t12-/m0/s1. The lowest BCUT2D eigenvalue weighted by atomic mass is 9.81. The topological polar surface area (TPSA) is 60.9 Å². The monoisotopic (exact) mass is 324 g/mol. The summed E-state index contributed by atoms with van der Waals surface area (Å²) in [6.07, 6.45) is 2.33. The molecule has 3 heterocycles. The number of carbonyl (C=O) groups excluding carboxylic acids is 1. The molecule has 0 aliphatic carbocycles. The van der Waals surface area contributed by atoms with Gasteiger partial charge in [-0.2, -0.15) is 0 Å². The van der Waals surface area contributed by atoms with Crippen molar-refractivity contribution in [2.45, 2.75) is 18.9 Å². The zero-order valence-electron chi connectivity index (χ0n) is 13.2. The van der Waals surface area contributed by atoms with Crippen molar-refractivity contribution in [3.05, 3.63) is 24.1 Å². The molecule has 2 fully saturated rings. The first-order valence-corrected chi connectivity index (χ1v) is 7.87. The largest absolute Gasteiger partial charge is 0.475 e. The van der Waals surface area contributed by atoms with Gasteiger partial charge in [-0.15, -0.1) is 0 Å². The summed E-state index contributed by atoms with van der Waals surface area (Å²) >= 11 is 0. The molecule has 2 saturated heterocycles. The second-order valence-corrected chi connectivity index (χ2v) is 5.89. The van der Waals surface area contributed by atoms with E-state index in [0.29, 0.717) is 32.9 Å². The summed E-state index contributed by atoms with van der Waals surface area (Å²) in [4.78, 5) is 17.5. The number of rotatable bonds is 6. The minimum atomic E-state index is -0.470. The number of amides is 1. The van der Waals surface area contributed by atoms with Crippen molar-refractivity contribution in [1.82, 2.24) is 9.88 Å². The Balaban J connectivity index is 1.53. The van der Waals surface area contributed by atoms with E-state index < -0.39 is 5.82 Å². The summed E-state index contributed by atoms with van der Waals surface area (Å²) < 4.78 is 30.1. The third-order valence-corrected chi connectivity index (χ3v) is 4.45. The van der Waals surface area contributed by atoms with Crippen LogP contribution in [0.1, 0.15) is 13.3 Å². The van der Waals surface area contributed by atoms with E-state index in [2.05, 4.69) is 4.98 Å². The minimum Gasteiger partial charge on any atom is -0.475 e. The van der Waals surface area contributed by atoms with E-state index in [-0.39, 0.29) is 29.9 Å².